The Balaban J connectivity index is 0.000000139. The van der Waals surface area contributed by atoms with Gasteiger partial charge in [-0.2, -0.15) is 19.9 Å². The Labute approximate surface area is 699 Å². The third kappa shape index (κ3) is 20.8. The number of hydrogen-bond donors (Lipinski definition) is 4. The van der Waals surface area contributed by atoms with Crippen LogP contribution in [-0.4, -0.2) is 90.3 Å². The van der Waals surface area contributed by atoms with Gasteiger partial charge in [0.05, 0.1) is 62.9 Å². The van der Waals surface area contributed by atoms with E-state index in [4.69, 9.17) is 4.74 Å². The number of benzene rings is 8. The Morgan fingerprint density at radius 2 is 0.694 bits per heavy atom. The molecule has 4 N–H and O–H groups in total. The van der Waals surface area contributed by atoms with Gasteiger partial charge in [-0.05, 0) is 236 Å². The zero-order valence-electron chi connectivity index (χ0n) is 71.1. The number of nitrogens with one attached hydrogen (secondary N) is 4. The van der Waals surface area contributed by atoms with E-state index >= 15 is 0 Å². The maximum atomic E-state index is 12.5. The van der Waals surface area contributed by atoms with Crippen molar-refractivity contribution in [3.8, 4) is 46.1 Å². The summed E-state index contributed by atoms with van der Waals surface area (Å²) in [5.74, 6) is 1.84. The molecule has 0 aliphatic carbocycles. The van der Waals surface area contributed by atoms with Crippen LogP contribution in [0, 0.1) is 54.4 Å². The van der Waals surface area contributed by atoms with Crippen molar-refractivity contribution in [1.29, 1.82) is 0 Å². The summed E-state index contributed by atoms with van der Waals surface area (Å²) in [7, 11) is 0. The van der Waals surface area contributed by atoms with Gasteiger partial charge < -0.3 is 23.0 Å². The summed E-state index contributed by atoms with van der Waals surface area (Å²) in [6.45, 7) is 29.5. The van der Waals surface area contributed by atoms with Crippen LogP contribution in [0.5, 0.6) is 0 Å². The van der Waals surface area contributed by atoms with Crippen LogP contribution < -0.4 is 45.0 Å². The van der Waals surface area contributed by atoms with Crippen LogP contribution in [0.2, 0.25) is 0 Å². The van der Waals surface area contributed by atoms with Gasteiger partial charge >= 0.3 is 22.8 Å². The molecule has 8 aliphatic heterocycles. The summed E-state index contributed by atoms with van der Waals surface area (Å²) >= 11 is 0. The van der Waals surface area contributed by atoms with E-state index in [1.165, 1.54) is 55.6 Å². The number of ether oxygens (including phenoxy) is 1. The van der Waals surface area contributed by atoms with E-state index < -0.39 is 45.0 Å². The van der Waals surface area contributed by atoms with Gasteiger partial charge in [0.1, 0.15) is 0 Å². The summed E-state index contributed by atoms with van der Waals surface area (Å²) in [5, 5.41) is 0. The number of aryl methyl sites for hydroxylation is 15. The zero-order chi connectivity index (χ0) is 85.9. The predicted octanol–water partition coefficient (Wildman–Crippen LogP) is 14.5. The Bertz CT molecular complexity index is 6780. The number of nitrogens with zero attached hydrogens (tertiary/aromatic N) is 12. The molecule has 8 heterocycles. The van der Waals surface area contributed by atoms with Crippen LogP contribution in [0.15, 0.2) is 196 Å². The minimum Gasteiger partial charge on any atom is -0.373 e. The fourth-order valence-electron chi connectivity index (χ4n) is 15.6. The highest BCUT2D eigenvalue weighted by Gasteiger charge is 2.26. The van der Waals surface area contributed by atoms with E-state index in [-0.39, 0.29) is 40.8 Å². The largest absolute Gasteiger partial charge is 0.373 e. The third-order valence-corrected chi connectivity index (χ3v) is 21.8. The number of aromatic nitrogens is 16. The second kappa shape index (κ2) is 38.3. The molecule has 1 atom stereocenters. The first kappa shape index (κ1) is 85.7. The van der Waals surface area contributed by atoms with Crippen molar-refractivity contribution in [3.05, 3.63) is 319 Å². The lowest BCUT2D eigenvalue weighted by molar-refractivity contribution is -0.000465. The minimum absolute atomic E-state index is 0.0177. The molecule has 25 nitrogen and oxygen atoms in total. The van der Waals surface area contributed by atoms with Crippen LogP contribution in [0.1, 0.15) is 152 Å². The molecule has 121 heavy (non-hydrogen) atoms. The normalized spacial score (nSPS) is 11.8. The maximum absolute atomic E-state index is 12.5. The van der Waals surface area contributed by atoms with Crippen molar-refractivity contribution in [2.24, 2.45) is 5.92 Å². The van der Waals surface area contributed by atoms with Gasteiger partial charge in [-0.1, -0.05) is 166 Å². The molecule has 8 aliphatic rings. The SMILES string of the molecule is CCCc1cc2nc3c(=O)[nH]c(=O)nc-3n(CCCc3ccc(C)cc3)c2cc1C.CCCc1ccc2c(c1)nc1c(=O)[nH]c(=O)nc-1n2CCCc1ccc(C)cc1.Cc1cc2nc3c(=O)[nH]c(=O)nc-3n(CC(Cc3ccccc3)OC(C)C)c2cc1C.Cc1ccc(CCCn2c3nc(=O)[nH]c(=O)c-3nc3cc(C)c(CC(C)C)cc32)cc1. The van der Waals surface area contributed by atoms with E-state index in [9.17, 15) is 38.4 Å². The summed E-state index contributed by atoms with van der Waals surface area (Å²) in [6.07, 6.45) is 10.8. The van der Waals surface area contributed by atoms with Crippen molar-refractivity contribution >= 4 is 44.1 Å². The molecule has 16 rings (SSSR count). The summed E-state index contributed by atoms with van der Waals surface area (Å²) < 4.78 is 14.1. The van der Waals surface area contributed by atoms with E-state index in [1.807, 2.05) is 94.5 Å². The number of H-pyrrole nitrogens is 4. The van der Waals surface area contributed by atoms with E-state index in [1.54, 1.807) is 0 Å². The molecule has 0 aromatic heterocycles. The molecular formula is C96H104N16O9. The van der Waals surface area contributed by atoms with Gasteiger partial charge in [0, 0.05) is 26.1 Å². The zero-order valence-corrected chi connectivity index (χ0v) is 71.1. The van der Waals surface area contributed by atoms with Crippen LogP contribution in [-0.2, 0) is 75.9 Å². The Morgan fingerprint density at radius 1 is 0.331 bits per heavy atom. The number of rotatable bonds is 24. The van der Waals surface area contributed by atoms with Crippen LogP contribution in [0.3, 0.4) is 0 Å². The van der Waals surface area contributed by atoms with Gasteiger partial charge in [-0.15, -0.1) is 0 Å². The summed E-state index contributed by atoms with van der Waals surface area (Å²) in [6, 6.07) is 54.1. The third-order valence-electron chi connectivity index (χ3n) is 21.8. The molecule has 0 spiro atoms. The minimum atomic E-state index is -0.680. The highest BCUT2D eigenvalue weighted by molar-refractivity contribution is 5.84. The van der Waals surface area contributed by atoms with Crippen molar-refractivity contribution in [2.75, 3.05) is 0 Å². The summed E-state index contributed by atoms with van der Waals surface area (Å²) in [4.78, 5) is 141. The molecule has 0 radical (unpaired) electrons. The summed E-state index contributed by atoms with van der Waals surface area (Å²) in [5.41, 5.74) is 19.5. The molecule has 8 aromatic carbocycles. The predicted molar refractivity (Wildman–Crippen MR) is 478 cm³/mol. The second-order valence-electron chi connectivity index (χ2n) is 32.3. The molecule has 8 aromatic rings. The lowest BCUT2D eigenvalue weighted by Gasteiger charge is -2.25. The molecule has 0 bridgehead atoms. The molecule has 0 saturated heterocycles. The fraction of sp³-hybridized carbons (Fsp3) is 0.333. The Morgan fingerprint density at radius 3 is 1.12 bits per heavy atom. The Hall–Kier alpha value is -13.2. The topological polar surface area (TPSA) is 332 Å². The van der Waals surface area contributed by atoms with Crippen molar-refractivity contribution in [1.82, 2.24) is 78.1 Å². The van der Waals surface area contributed by atoms with E-state index in [0.717, 1.165) is 131 Å². The van der Waals surface area contributed by atoms with Gasteiger partial charge in [-0.3, -0.25) is 39.1 Å². The number of hydrogen-bond acceptors (Lipinski definition) is 17. The molecule has 25 heteroatoms. The Kier molecular flexibility index (Phi) is 27.1. The molecule has 0 fully saturated rings. The van der Waals surface area contributed by atoms with Gasteiger partial charge in [-0.25, -0.2) is 39.1 Å². The highest BCUT2D eigenvalue weighted by atomic mass is 16.5. The first-order chi connectivity index (χ1) is 58.1. The van der Waals surface area contributed by atoms with Gasteiger partial charge in [0.15, 0.2) is 46.1 Å². The smallest absolute Gasteiger partial charge is 0.349 e. The quantitative estimate of drug-likeness (QED) is 0.0408. The molecule has 0 saturated carbocycles. The highest BCUT2D eigenvalue weighted by Crippen LogP contribution is 2.31. The molecule has 0 amide bonds. The average molecular weight is 1630 g/mol. The van der Waals surface area contributed by atoms with Crippen LogP contribution in [0.4, 0.5) is 0 Å². The standard InChI is InChI=1S/C25H28N4O2.C24H26N4O3.C24H26N4O2.C23H24N4O2/c1-15(2)12-19-14-21-20(13-17(19)4)26-22-23(27-25(31)28-24(22)30)29(21)11-5-6-18-9-7-16(3)8-10-18;1-14(2)31-18(12-17-8-6-5-7-9-17)13-28-20-11-16(4)15(3)10-19(20)25-21-22(28)26-24(30)27-23(21)29;1-4-6-18-14-19-20(13-16(18)3)28(12-5-7-17-10-8-15(2)9-11-17)22-21(25-19)23(29)27-24(30)26-22;1-3-5-17-11-12-19-18(14-17)24-20-21(25-23(29)26-22(20)28)27(19)13-4-6-16-9-7-15(2)8-10-16/h7-10,13-15H,5-6,11-12H2,1-4H3,(H,28,30,31);5-11,14,18H,12-13H2,1-4H3,(H,27,29,30);8-11,13-14H,4-7,12H2,1-3H3,(H,27,29,30);7-12,14H,3-6,13H2,1-2H3,(H,26,28,29). The first-order valence-corrected chi connectivity index (χ1v) is 41.7. The van der Waals surface area contributed by atoms with Gasteiger partial charge in [0.25, 0.3) is 22.2 Å². The average Bonchev–Trinajstić information content (AvgIpc) is 0.815. The lowest BCUT2D eigenvalue weighted by atomic mass is 9.97. The molecule has 1 unspecified atom stereocenters. The van der Waals surface area contributed by atoms with Crippen LogP contribution in [0.25, 0.3) is 90.2 Å². The molecular weight excluding hydrogens is 1520 g/mol. The first-order valence-electron chi connectivity index (χ1n) is 41.7. The fourth-order valence-corrected chi connectivity index (χ4v) is 15.6. The van der Waals surface area contributed by atoms with Crippen molar-refractivity contribution < 1.29 is 4.74 Å². The van der Waals surface area contributed by atoms with Gasteiger partial charge in [0.2, 0.25) is 0 Å². The maximum Gasteiger partial charge on any atom is 0.349 e. The van der Waals surface area contributed by atoms with E-state index in [2.05, 4.69) is 231 Å². The molecule has 622 valence electrons. The number of fused-ring (bicyclic) bond motifs is 8. The monoisotopic (exact) mass is 1620 g/mol. The van der Waals surface area contributed by atoms with E-state index in [0.29, 0.717) is 61.5 Å². The lowest BCUT2D eigenvalue weighted by Crippen LogP contribution is -2.32. The van der Waals surface area contributed by atoms with Crippen molar-refractivity contribution in [2.45, 2.75) is 205 Å². The second-order valence-corrected chi connectivity index (χ2v) is 32.3. The van der Waals surface area contributed by atoms with Crippen molar-refractivity contribution in [3.63, 3.8) is 0 Å². The number of aromatic amines is 4. The van der Waals surface area contributed by atoms with Crippen LogP contribution >= 0.6 is 0 Å².